The van der Waals surface area contributed by atoms with Gasteiger partial charge in [-0.05, 0) is 52.9 Å². The van der Waals surface area contributed by atoms with Crippen LogP contribution in [0, 0.1) is 0 Å². The molecule has 0 unspecified atom stereocenters. The standard InChI is InChI=1S/C30H29N3O3/c1-20(2)21-9-11-22(12-10-21)29-26-8-5-15-32(26)25-7-4-3-6-23(25)19-33(29)30(34)31-24-13-14-27-28(18-24)36-17-16-35-27/h3-15,18,20,29H,16-17,19H2,1-2H3,(H,31,34)/t29-/m0/s1. The number of urea groups is 1. The van der Waals surface area contributed by atoms with Gasteiger partial charge in [0.2, 0.25) is 0 Å². The summed E-state index contributed by atoms with van der Waals surface area (Å²) in [4.78, 5) is 15.8. The van der Waals surface area contributed by atoms with Crippen molar-refractivity contribution in [1.82, 2.24) is 9.47 Å². The second-order valence-corrected chi connectivity index (χ2v) is 9.57. The highest BCUT2D eigenvalue weighted by atomic mass is 16.6. The Morgan fingerprint density at radius 3 is 2.50 bits per heavy atom. The average molecular weight is 480 g/mol. The maximum absolute atomic E-state index is 13.9. The summed E-state index contributed by atoms with van der Waals surface area (Å²) in [6, 6.07) is 26.1. The second kappa shape index (κ2) is 9.11. The van der Waals surface area contributed by atoms with Crippen LogP contribution in [0.2, 0.25) is 0 Å². The molecule has 0 saturated carbocycles. The first-order chi connectivity index (χ1) is 17.6. The van der Waals surface area contributed by atoms with Gasteiger partial charge < -0.3 is 24.3 Å². The zero-order valence-electron chi connectivity index (χ0n) is 20.5. The number of ether oxygens (including phenoxy) is 2. The van der Waals surface area contributed by atoms with E-state index in [0.717, 1.165) is 22.5 Å². The monoisotopic (exact) mass is 479 g/mol. The third kappa shape index (κ3) is 3.98. The van der Waals surface area contributed by atoms with Crippen molar-refractivity contribution >= 4 is 11.7 Å². The largest absolute Gasteiger partial charge is 0.486 e. The van der Waals surface area contributed by atoms with Crippen molar-refractivity contribution in [2.75, 3.05) is 18.5 Å². The van der Waals surface area contributed by atoms with Crippen LogP contribution < -0.4 is 14.8 Å². The highest BCUT2D eigenvalue weighted by Gasteiger charge is 2.33. The molecule has 182 valence electrons. The van der Waals surface area contributed by atoms with E-state index in [1.54, 1.807) is 0 Å². The minimum absolute atomic E-state index is 0.172. The van der Waals surface area contributed by atoms with Gasteiger partial charge in [-0.3, -0.25) is 0 Å². The van der Waals surface area contributed by atoms with Crippen molar-refractivity contribution in [3.8, 4) is 17.2 Å². The van der Waals surface area contributed by atoms with Gasteiger partial charge in [-0.1, -0.05) is 56.3 Å². The number of aromatic nitrogens is 1. The molecule has 0 spiro atoms. The molecule has 0 aliphatic carbocycles. The number of nitrogens with zero attached hydrogens (tertiary/aromatic N) is 2. The van der Waals surface area contributed by atoms with Gasteiger partial charge >= 0.3 is 6.03 Å². The quantitative estimate of drug-likeness (QED) is 0.364. The van der Waals surface area contributed by atoms with Crippen LogP contribution in [0.5, 0.6) is 11.5 Å². The summed E-state index contributed by atoms with van der Waals surface area (Å²) in [5.41, 5.74) is 6.26. The van der Waals surface area contributed by atoms with Crippen LogP contribution >= 0.6 is 0 Å². The van der Waals surface area contributed by atoms with E-state index in [1.807, 2.05) is 41.3 Å². The summed E-state index contributed by atoms with van der Waals surface area (Å²) >= 11 is 0. The molecule has 0 fully saturated rings. The van der Waals surface area contributed by atoms with Crippen molar-refractivity contribution < 1.29 is 14.3 Å². The lowest BCUT2D eigenvalue weighted by atomic mass is 9.97. The first-order valence-electron chi connectivity index (χ1n) is 12.4. The lowest BCUT2D eigenvalue weighted by molar-refractivity contribution is 0.171. The van der Waals surface area contributed by atoms with Gasteiger partial charge in [0.15, 0.2) is 11.5 Å². The Kier molecular flexibility index (Phi) is 5.64. The van der Waals surface area contributed by atoms with Gasteiger partial charge in [-0.25, -0.2) is 4.79 Å². The number of benzene rings is 3. The molecule has 2 aliphatic heterocycles. The highest BCUT2D eigenvalue weighted by molar-refractivity contribution is 5.90. The van der Waals surface area contributed by atoms with E-state index in [0.29, 0.717) is 42.9 Å². The molecule has 1 aromatic heterocycles. The molecule has 6 nitrogen and oxygen atoms in total. The molecule has 6 heteroatoms. The molecule has 36 heavy (non-hydrogen) atoms. The maximum Gasteiger partial charge on any atom is 0.322 e. The number of fused-ring (bicyclic) bond motifs is 4. The molecular formula is C30H29N3O3. The first kappa shape index (κ1) is 22.3. The fraction of sp³-hybridized carbons (Fsp3) is 0.233. The number of para-hydroxylation sites is 1. The van der Waals surface area contributed by atoms with Crippen LogP contribution in [0.25, 0.3) is 5.69 Å². The minimum Gasteiger partial charge on any atom is -0.486 e. The van der Waals surface area contributed by atoms with E-state index in [2.05, 4.69) is 72.4 Å². The summed E-state index contributed by atoms with van der Waals surface area (Å²) in [5, 5.41) is 3.11. The smallest absolute Gasteiger partial charge is 0.322 e. The van der Waals surface area contributed by atoms with Gasteiger partial charge in [0, 0.05) is 23.6 Å². The fourth-order valence-corrected chi connectivity index (χ4v) is 5.07. The summed E-state index contributed by atoms with van der Waals surface area (Å²) in [6.45, 7) is 5.89. The molecule has 6 rings (SSSR count). The zero-order valence-corrected chi connectivity index (χ0v) is 20.5. The van der Waals surface area contributed by atoms with Crippen molar-refractivity contribution in [3.63, 3.8) is 0 Å². The number of anilines is 1. The molecule has 3 heterocycles. The topological polar surface area (TPSA) is 55.7 Å². The normalized spacial score (nSPS) is 16.2. The predicted octanol–water partition coefficient (Wildman–Crippen LogP) is 6.51. The lowest BCUT2D eigenvalue weighted by Crippen LogP contribution is -2.38. The van der Waals surface area contributed by atoms with Gasteiger partial charge in [0.25, 0.3) is 0 Å². The first-order valence-corrected chi connectivity index (χ1v) is 12.4. The molecule has 0 saturated heterocycles. The zero-order chi connectivity index (χ0) is 24.6. The number of amides is 2. The van der Waals surface area contributed by atoms with Crippen molar-refractivity contribution in [1.29, 1.82) is 0 Å². The van der Waals surface area contributed by atoms with E-state index >= 15 is 0 Å². The van der Waals surface area contributed by atoms with E-state index in [-0.39, 0.29) is 12.1 Å². The lowest BCUT2D eigenvalue weighted by Gasteiger charge is -2.31. The molecule has 1 atom stereocenters. The SMILES string of the molecule is CC(C)c1ccc([C@H]2c3cccn3-c3ccccc3CN2C(=O)Nc2ccc3c(c2)OCCO3)cc1. The van der Waals surface area contributed by atoms with Crippen LogP contribution in [-0.2, 0) is 6.54 Å². The predicted molar refractivity (Wildman–Crippen MR) is 140 cm³/mol. The Labute approximate surface area is 211 Å². The molecular weight excluding hydrogens is 450 g/mol. The molecule has 1 N–H and O–H groups in total. The van der Waals surface area contributed by atoms with Crippen LogP contribution in [0.3, 0.4) is 0 Å². The Balaban J connectivity index is 1.41. The Morgan fingerprint density at radius 2 is 1.69 bits per heavy atom. The van der Waals surface area contributed by atoms with E-state index in [4.69, 9.17) is 9.47 Å². The van der Waals surface area contributed by atoms with Gasteiger partial charge in [-0.15, -0.1) is 0 Å². The molecule has 3 aromatic carbocycles. The van der Waals surface area contributed by atoms with E-state index in [9.17, 15) is 4.79 Å². The molecule has 2 aliphatic rings. The van der Waals surface area contributed by atoms with Crippen LogP contribution in [0.15, 0.2) is 85.1 Å². The highest BCUT2D eigenvalue weighted by Crippen LogP contribution is 2.38. The number of carbonyl (C=O) groups excluding carboxylic acids is 1. The number of carbonyl (C=O) groups is 1. The van der Waals surface area contributed by atoms with Crippen molar-refractivity contribution in [2.45, 2.75) is 32.4 Å². The third-order valence-electron chi connectivity index (χ3n) is 6.94. The minimum atomic E-state index is -0.258. The number of hydrogen-bond donors (Lipinski definition) is 1. The number of rotatable bonds is 3. The van der Waals surface area contributed by atoms with Gasteiger partial charge in [-0.2, -0.15) is 0 Å². The van der Waals surface area contributed by atoms with Crippen LogP contribution in [0.1, 0.15) is 48.2 Å². The van der Waals surface area contributed by atoms with Gasteiger partial charge in [0.05, 0.1) is 18.3 Å². The van der Waals surface area contributed by atoms with Crippen LogP contribution in [0.4, 0.5) is 10.5 Å². The summed E-state index contributed by atoms with van der Waals surface area (Å²) in [5.74, 6) is 1.79. The van der Waals surface area contributed by atoms with Crippen molar-refractivity contribution in [3.05, 3.63) is 107 Å². The molecule has 0 bridgehead atoms. The third-order valence-corrected chi connectivity index (χ3v) is 6.94. The fourth-order valence-electron chi connectivity index (χ4n) is 5.07. The van der Waals surface area contributed by atoms with Gasteiger partial charge in [0.1, 0.15) is 13.2 Å². The number of nitrogens with one attached hydrogen (secondary N) is 1. The Morgan fingerprint density at radius 1 is 0.917 bits per heavy atom. The van der Waals surface area contributed by atoms with Crippen LogP contribution in [-0.4, -0.2) is 28.7 Å². The van der Waals surface area contributed by atoms with E-state index in [1.165, 1.54) is 5.56 Å². The maximum atomic E-state index is 13.9. The van der Waals surface area contributed by atoms with Crippen molar-refractivity contribution in [2.24, 2.45) is 0 Å². The molecule has 2 amide bonds. The Bertz CT molecular complexity index is 1410. The summed E-state index contributed by atoms with van der Waals surface area (Å²) in [7, 11) is 0. The van der Waals surface area contributed by atoms with E-state index < -0.39 is 0 Å². The molecule has 0 radical (unpaired) electrons. The summed E-state index contributed by atoms with van der Waals surface area (Å²) < 4.78 is 13.6. The summed E-state index contributed by atoms with van der Waals surface area (Å²) in [6.07, 6.45) is 2.08. The average Bonchev–Trinajstić information content (AvgIpc) is 3.33. The second-order valence-electron chi connectivity index (χ2n) is 9.57. The number of hydrogen-bond acceptors (Lipinski definition) is 3. The molecule has 4 aromatic rings. The Hall–Kier alpha value is -4.19.